The number of aliphatic hydroxyl groups excluding tert-OH is 1. The van der Waals surface area contributed by atoms with Crippen molar-refractivity contribution in [3.63, 3.8) is 0 Å². The van der Waals surface area contributed by atoms with Crippen LogP contribution in [0.2, 0.25) is 0 Å². The van der Waals surface area contributed by atoms with Gasteiger partial charge in [-0.25, -0.2) is 13.1 Å². The molecule has 0 unspecified atom stereocenters. The minimum Gasteiger partial charge on any atom is -0.394 e. The van der Waals surface area contributed by atoms with Crippen molar-refractivity contribution in [1.82, 2.24) is 9.62 Å². The molecule has 2 aliphatic rings. The number of morpholine rings is 1. The normalized spacial score (nSPS) is 28.8. The van der Waals surface area contributed by atoms with Crippen molar-refractivity contribution >= 4 is 10.0 Å². The fourth-order valence-electron chi connectivity index (χ4n) is 3.24. The Bertz CT molecular complexity index is 648. The molecular formula is C17H26N2O4S. The molecule has 0 amide bonds. The third kappa shape index (κ3) is 3.81. The summed E-state index contributed by atoms with van der Waals surface area (Å²) in [6.45, 7) is 3.59. The maximum absolute atomic E-state index is 12.2. The summed E-state index contributed by atoms with van der Waals surface area (Å²) in [7, 11) is -3.29. The van der Waals surface area contributed by atoms with Crippen molar-refractivity contribution < 1.29 is 18.3 Å². The predicted molar refractivity (Wildman–Crippen MR) is 92.0 cm³/mol. The molecule has 2 N–H and O–H groups in total. The quantitative estimate of drug-likeness (QED) is 0.754. The largest absolute Gasteiger partial charge is 0.394 e. The zero-order chi connectivity index (χ0) is 17.2. The lowest BCUT2D eigenvalue weighted by molar-refractivity contribution is -0.120. The number of ether oxygens (including phenoxy) is 1. The molecule has 7 heteroatoms. The first-order valence-electron chi connectivity index (χ1n) is 8.45. The first-order valence-corrected chi connectivity index (χ1v) is 9.99. The molecule has 0 bridgehead atoms. The fourth-order valence-corrected chi connectivity index (χ4v) is 4.70. The van der Waals surface area contributed by atoms with E-state index in [-0.39, 0.29) is 24.4 Å². The molecule has 3 rings (SSSR count). The summed E-state index contributed by atoms with van der Waals surface area (Å²) in [5.41, 5.74) is 0.393. The molecule has 6 nitrogen and oxygen atoms in total. The minimum absolute atomic E-state index is 0.0940. The second-order valence-electron chi connectivity index (χ2n) is 6.93. The third-order valence-corrected chi connectivity index (χ3v) is 6.82. The van der Waals surface area contributed by atoms with E-state index in [9.17, 15) is 13.5 Å². The Morgan fingerprint density at radius 1 is 1.33 bits per heavy atom. The van der Waals surface area contributed by atoms with Crippen LogP contribution in [0.4, 0.5) is 0 Å². The van der Waals surface area contributed by atoms with Gasteiger partial charge in [-0.2, -0.15) is 0 Å². The Morgan fingerprint density at radius 3 is 2.67 bits per heavy atom. The molecule has 2 atom stereocenters. The molecule has 1 heterocycles. The van der Waals surface area contributed by atoms with E-state index in [1.54, 1.807) is 0 Å². The molecule has 1 saturated carbocycles. The predicted octanol–water partition coefficient (Wildman–Crippen LogP) is 0.720. The molecule has 1 aliphatic heterocycles. The summed E-state index contributed by atoms with van der Waals surface area (Å²) in [6, 6.07) is 10.1. The molecular weight excluding hydrogens is 328 g/mol. The van der Waals surface area contributed by atoms with E-state index < -0.39 is 15.6 Å². The van der Waals surface area contributed by atoms with Crippen molar-refractivity contribution in [3.8, 4) is 0 Å². The summed E-state index contributed by atoms with van der Waals surface area (Å²) >= 11 is 0. The number of nitrogens with zero attached hydrogens (tertiary/aromatic N) is 1. The lowest BCUT2D eigenvalue weighted by atomic mass is 9.94. The van der Waals surface area contributed by atoms with Crippen LogP contribution in [0.15, 0.2) is 30.3 Å². The van der Waals surface area contributed by atoms with Crippen LogP contribution < -0.4 is 4.72 Å². The van der Waals surface area contributed by atoms with Gasteiger partial charge in [0.2, 0.25) is 10.0 Å². The number of aliphatic hydroxyl groups is 1. The van der Waals surface area contributed by atoms with Gasteiger partial charge in [-0.3, -0.25) is 4.90 Å². The van der Waals surface area contributed by atoms with Gasteiger partial charge in [0.15, 0.2) is 0 Å². The van der Waals surface area contributed by atoms with Crippen LogP contribution in [-0.4, -0.2) is 61.6 Å². The van der Waals surface area contributed by atoms with Crippen LogP contribution in [0.3, 0.4) is 0 Å². The van der Waals surface area contributed by atoms with Crippen molar-refractivity contribution in [3.05, 3.63) is 35.9 Å². The van der Waals surface area contributed by atoms with Crippen molar-refractivity contribution in [2.45, 2.75) is 43.1 Å². The van der Waals surface area contributed by atoms with Gasteiger partial charge >= 0.3 is 0 Å². The van der Waals surface area contributed by atoms with E-state index in [1.165, 1.54) is 0 Å². The fraction of sp³-hybridized carbons (Fsp3) is 0.647. The number of nitrogens with one attached hydrogen (secondary N) is 1. The van der Waals surface area contributed by atoms with Crippen LogP contribution in [0.25, 0.3) is 0 Å². The molecule has 0 aromatic heterocycles. The second-order valence-corrected chi connectivity index (χ2v) is 8.97. The van der Waals surface area contributed by atoms with Crippen molar-refractivity contribution in [2.24, 2.45) is 0 Å². The smallest absolute Gasteiger partial charge is 0.214 e. The molecule has 0 spiro atoms. The molecule has 1 saturated heterocycles. The van der Waals surface area contributed by atoms with Crippen molar-refractivity contribution in [2.75, 3.05) is 26.4 Å². The Labute approximate surface area is 143 Å². The van der Waals surface area contributed by atoms with Crippen molar-refractivity contribution in [1.29, 1.82) is 0 Å². The summed E-state index contributed by atoms with van der Waals surface area (Å²) < 4.78 is 32.7. The lowest BCUT2D eigenvalue weighted by Crippen LogP contribution is -2.66. The SMILES string of the molecule is C[C@@H]1COC[C@@](CO)(CNS(=O)(=O)C2CC2)N1Cc1ccccc1. The number of hydrogen-bond acceptors (Lipinski definition) is 5. The highest BCUT2D eigenvalue weighted by atomic mass is 32.2. The molecule has 134 valence electrons. The standard InChI is InChI=1S/C17H26N2O4S/c1-14-10-23-13-17(12-20,11-18-24(21,22)16-7-8-16)19(14)9-15-5-3-2-4-6-15/h2-6,14,16,18,20H,7-13H2,1H3/t14-,17+/m1/s1. The van der Waals surface area contributed by atoms with Crippen LogP contribution in [0.5, 0.6) is 0 Å². The van der Waals surface area contributed by atoms with E-state index in [1.807, 2.05) is 37.3 Å². The summed E-state index contributed by atoms with van der Waals surface area (Å²) in [5, 5.41) is 9.84. The molecule has 1 aromatic carbocycles. The number of rotatable bonds is 7. The number of hydrogen-bond donors (Lipinski definition) is 2. The van der Waals surface area contributed by atoms with Gasteiger partial charge in [0.05, 0.1) is 30.6 Å². The molecule has 24 heavy (non-hydrogen) atoms. The van der Waals surface area contributed by atoms with Crippen LogP contribution in [0.1, 0.15) is 25.3 Å². The lowest BCUT2D eigenvalue weighted by Gasteiger charge is -2.49. The van der Waals surface area contributed by atoms with E-state index >= 15 is 0 Å². The summed E-state index contributed by atoms with van der Waals surface area (Å²) in [5.74, 6) is 0. The highest BCUT2D eigenvalue weighted by Gasteiger charge is 2.44. The van der Waals surface area contributed by atoms with Gasteiger partial charge in [-0.15, -0.1) is 0 Å². The minimum atomic E-state index is -3.29. The van der Waals surface area contributed by atoms with Gasteiger partial charge in [0, 0.05) is 19.1 Å². The average molecular weight is 354 g/mol. The first kappa shape index (κ1) is 17.8. The van der Waals surface area contributed by atoms with E-state index in [0.29, 0.717) is 19.8 Å². The molecule has 1 aromatic rings. The summed E-state index contributed by atoms with van der Waals surface area (Å²) in [6.07, 6.45) is 1.45. The Balaban J connectivity index is 1.78. The Hall–Kier alpha value is -0.990. The summed E-state index contributed by atoms with van der Waals surface area (Å²) in [4.78, 5) is 2.17. The van der Waals surface area contributed by atoms with Gasteiger partial charge in [-0.1, -0.05) is 30.3 Å². The Morgan fingerprint density at radius 2 is 2.04 bits per heavy atom. The topological polar surface area (TPSA) is 78.9 Å². The van der Waals surface area contributed by atoms with E-state index in [2.05, 4.69) is 9.62 Å². The maximum atomic E-state index is 12.2. The molecule has 2 fully saturated rings. The molecule has 0 radical (unpaired) electrons. The highest BCUT2D eigenvalue weighted by molar-refractivity contribution is 7.90. The van der Waals surface area contributed by atoms with Crippen LogP contribution >= 0.6 is 0 Å². The molecule has 1 aliphatic carbocycles. The van der Waals surface area contributed by atoms with Gasteiger partial charge in [0.25, 0.3) is 0 Å². The average Bonchev–Trinajstić information content (AvgIpc) is 3.42. The second kappa shape index (κ2) is 7.09. The van der Waals surface area contributed by atoms with Crippen LogP contribution in [0, 0.1) is 0 Å². The first-order chi connectivity index (χ1) is 11.5. The van der Waals surface area contributed by atoms with Gasteiger partial charge < -0.3 is 9.84 Å². The van der Waals surface area contributed by atoms with Crippen LogP contribution in [-0.2, 0) is 21.3 Å². The van der Waals surface area contributed by atoms with Gasteiger partial charge in [-0.05, 0) is 25.3 Å². The zero-order valence-corrected chi connectivity index (χ0v) is 14.8. The zero-order valence-electron chi connectivity index (χ0n) is 14.0. The number of sulfonamides is 1. The Kier molecular flexibility index (Phi) is 5.27. The highest BCUT2D eigenvalue weighted by Crippen LogP contribution is 2.30. The van der Waals surface area contributed by atoms with E-state index in [4.69, 9.17) is 4.74 Å². The monoisotopic (exact) mass is 354 g/mol. The maximum Gasteiger partial charge on any atom is 0.214 e. The third-order valence-electron chi connectivity index (χ3n) is 4.93. The van der Waals surface area contributed by atoms with E-state index in [0.717, 1.165) is 18.4 Å². The number of benzene rings is 1. The van der Waals surface area contributed by atoms with Gasteiger partial charge in [0.1, 0.15) is 0 Å².